The second kappa shape index (κ2) is 7.13. The van der Waals surface area contributed by atoms with Crippen molar-refractivity contribution < 1.29 is 9.53 Å². The Hall–Kier alpha value is -2.88. The molecule has 24 heavy (non-hydrogen) atoms. The largest absolute Gasteiger partial charge is 0.496 e. The van der Waals surface area contributed by atoms with Gasteiger partial charge in [0.2, 0.25) is 0 Å². The predicted molar refractivity (Wildman–Crippen MR) is 96.0 cm³/mol. The van der Waals surface area contributed by atoms with E-state index in [-0.39, 0.29) is 5.91 Å². The summed E-state index contributed by atoms with van der Waals surface area (Å²) < 4.78 is 5.35. The molecule has 4 heteroatoms. The zero-order valence-electron chi connectivity index (χ0n) is 13.9. The zero-order valence-corrected chi connectivity index (χ0v) is 13.9. The number of aryl methyl sites for hydroxylation is 2. The van der Waals surface area contributed by atoms with Crippen LogP contribution in [-0.2, 0) is 11.2 Å². The van der Waals surface area contributed by atoms with Crippen LogP contribution in [0.2, 0.25) is 0 Å². The van der Waals surface area contributed by atoms with Crippen LogP contribution in [-0.4, -0.2) is 18.9 Å². The maximum Gasteiger partial charge on any atom is 0.275 e. The average Bonchev–Trinajstić information content (AvgIpc) is 2.94. The Morgan fingerprint density at radius 2 is 1.92 bits per heavy atom. The van der Waals surface area contributed by atoms with Crippen LogP contribution < -0.4 is 10.1 Å². The number of hydrogen-bond acceptors (Lipinski definition) is 3. The SMILES string of the molecule is COc1ccc(C)cc1/C=C1/N=C(CCc2ccccc2)NC1=O. The molecule has 1 amide bonds. The van der Waals surface area contributed by atoms with Crippen molar-refractivity contribution >= 4 is 17.8 Å². The highest BCUT2D eigenvalue weighted by atomic mass is 16.5. The van der Waals surface area contributed by atoms with E-state index in [1.165, 1.54) is 5.56 Å². The molecule has 1 N–H and O–H groups in total. The summed E-state index contributed by atoms with van der Waals surface area (Å²) in [5.74, 6) is 1.28. The summed E-state index contributed by atoms with van der Waals surface area (Å²) in [6.45, 7) is 2.00. The minimum atomic E-state index is -0.165. The van der Waals surface area contributed by atoms with E-state index in [0.29, 0.717) is 18.0 Å². The van der Waals surface area contributed by atoms with Gasteiger partial charge in [-0.3, -0.25) is 4.79 Å². The van der Waals surface area contributed by atoms with Gasteiger partial charge in [0.1, 0.15) is 17.3 Å². The summed E-state index contributed by atoms with van der Waals surface area (Å²) in [7, 11) is 1.62. The molecule has 1 aliphatic heterocycles. The van der Waals surface area contributed by atoms with Crippen LogP contribution in [0.4, 0.5) is 0 Å². The van der Waals surface area contributed by atoms with Gasteiger partial charge in [0, 0.05) is 12.0 Å². The smallest absolute Gasteiger partial charge is 0.275 e. The first-order chi connectivity index (χ1) is 11.7. The van der Waals surface area contributed by atoms with Crippen molar-refractivity contribution in [3.8, 4) is 5.75 Å². The van der Waals surface area contributed by atoms with Crippen molar-refractivity contribution in [2.24, 2.45) is 4.99 Å². The third-order valence-corrected chi connectivity index (χ3v) is 3.92. The molecule has 0 radical (unpaired) electrons. The third-order valence-electron chi connectivity index (χ3n) is 3.92. The second-order valence-electron chi connectivity index (χ2n) is 5.77. The molecule has 0 atom stereocenters. The van der Waals surface area contributed by atoms with Gasteiger partial charge in [0.05, 0.1) is 7.11 Å². The van der Waals surface area contributed by atoms with Crippen LogP contribution in [0.15, 0.2) is 59.2 Å². The van der Waals surface area contributed by atoms with Crippen molar-refractivity contribution in [1.82, 2.24) is 5.32 Å². The predicted octanol–water partition coefficient (Wildman–Crippen LogP) is 3.51. The Morgan fingerprint density at radius 3 is 2.67 bits per heavy atom. The molecule has 2 aromatic rings. The summed E-state index contributed by atoms with van der Waals surface area (Å²) in [5.41, 5.74) is 3.61. The molecule has 0 aromatic heterocycles. The molecule has 0 fully saturated rings. The quantitative estimate of drug-likeness (QED) is 0.857. The summed E-state index contributed by atoms with van der Waals surface area (Å²) in [6, 6.07) is 16.0. The molecule has 3 rings (SSSR count). The Bertz CT molecular complexity index is 808. The highest BCUT2D eigenvalue weighted by molar-refractivity contribution is 6.14. The van der Waals surface area contributed by atoms with Gasteiger partial charge in [-0.1, -0.05) is 42.0 Å². The molecule has 4 nitrogen and oxygen atoms in total. The van der Waals surface area contributed by atoms with Gasteiger partial charge in [0.15, 0.2) is 0 Å². The van der Waals surface area contributed by atoms with E-state index in [4.69, 9.17) is 4.74 Å². The lowest BCUT2D eigenvalue weighted by Gasteiger charge is -2.05. The van der Waals surface area contributed by atoms with Crippen LogP contribution in [0.25, 0.3) is 6.08 Å². The number of benzene rings is 2. The van der Waals surface area contributed by atoms with E-state index in [9.17, 15) is 4.79 Å². The minimum Gasteiger partial charge on any atom is -0.496 e. The lowest BCUT2D eigenvalue weighted by Crippen LogP contribution is -2.24. The van der Waals surface area contributed by atoms with Gasteiger partial charge in [-0.25, -0.2) is 4.99 Å². The van der Waals surface area contributed by atoms with Crippen LogP contribution in [0, 0.1) is 6.92 Å². The van der Waals surface area contributed by atoms with Crippen molar-refractivity contribution in [3.63, 3.8) is 0 Å². The number of methoxy groups -OCH3 is 1. The van der Waals surface area contributed by atoms with Crippen LogP contribution in [0.1, 0.15) is 23.1 Å². The fraction of sp³-hybridized carbons (Fsp3) is 0.200. The molecule has 0 saturated heterocycles. The topological polar surface area (TPSA) is 50.7 Å². The van der Waals surface area contributed by atoms with Gasteiger partial charge in [-0.2, -0.15) is 0 Å². The highest BCUT2D eigenvalue weighted by Gasteiger charge is 2.20. The number of nitrogens with zero attached hydrogens (tertiary/aromatic N) is 1. The number of hydrogen-bond donors (Lipinski definition) is 1. The zero-order chi connectivity index (χ0) is 16.9. The normalized spacial score (nSPS) is 15.3. The maximum atomic E-state index is 12.2. The Morgan fingerprint density at radius 1 is 1.12 bits per heavy atom. The van der Waals surface area contributed by atoms with Crippen molar-refractivity contribution in [2.45, 2.75) is 19.8 Å². The first-order valence-electron chi connectivity index (χ1n) is 7.95. The van der Waals surface area contributed by atoms with Crippen molar-refractivity contribution in [1.29, 1.82) is 0 Å². The maximum absolute atomic E-state index is 12.2. The van der Waals surface area contributed by atoms with E-state index in [1.54, 1.807) is 13.2 Å². The second-order valence-corrected chi connectivity index (χ2v) is 5.77. The first kappa shape index (κ1) is 16.0. The number of amidine groups is 1. The van der Waals surface area contributed by atoms with Gasteiger partial charge in [-0.05, 0) is 37.1 Å². The average molecular weight is 320 g/mol. The van der Waals surface area contributed by atoms with E-state index in [2.05, 4.69) is 22.4 Å². The standard InChI is InChI=1S/C20H20N2O2/c1-14-8-10-18(24-2)16(12-14)13-17-20(23)22-19(21-17)11-9-15-6-4-3-5-7-15/h3-8,10,12-13H,9,11H2,1-2H3,(H,21,22,23)/b17-13+. The summed E-state index contributed by atoms with van der Waals surface area (Å²) in [6.07, 6.45) is 3.33. The lowest BCUT2D eigenvalue weighted by atomic mass is 10.1. The fourth-order valence-corrected chi connectivity index (χ4v) is 2.66. The van der Waals surface area contributed by atoms with Crippen molar-refractivity contribution in [3.05, 3.63) is 70.9 Å². The van der Waals surface area contributed by atoms with Gasteiger partial charge in [0.25, 0.3) is 5.91 Å². The first-order valence-corrected chi connectivity index (χ1v) is 7.95. The molecule has 0 spiro atoms. The summed E-state index contributed by atoms with van der Waals surface area (Å²) in [5, 5.41) is 2.85. The highest BCUT2D eigenvalue weighted by Crippen LogP contribution is 2.24. The number of carbonyl (C=O) groups excluding carboxylic acids is 1. The number of carbonyl (C=O) groups is 1. The summed E-state index contributed by atoms with van der Waals surface area (Å²) in [4.78, 5) is 16.6. The molecular formula is C20H20N2O2. The molecule has 1 heterocycles. The number of amides is 1. The molecule has 0 unspecified atom stereocenters. The Kier molecular flexibility index (Phi) is 4.75. The molecule has 0 bridgehead atoms. The molecule has 0 aliphatic carbocycles. The van der Waals surface area contributed by atoms with E-state index < -0.39 is 0 Å². The Balaban J connectivity index is 1.78. The van der Waals surface area contributed by atoms with Gasteiger partial charge < -0.3 is 10.1 Å². The number of nitrogens with one attached hydrogen (secondary N) is 1. The van der Waals surface area contributed by atoms with E-state index >= 15 is 0 Å². The molecule has 2 aromatic carbocycles. The van der Waals surface area contributed by atoms with Crippen molar-refractivity contribution in [2.75, 3.05) is 7.11 Å². The molecule has 122 valence electrons. The van der Waals surface area contributed by atoms with Crippen LogP contribution >= 0.6 is 0 Å². The van der Waals surface area contributed by atoms with Crippen LogP contribution in [0.3, 0.4) is 0 Å². The molecule has 1 aliphatic rings. The van der Waals surface area contributed by atoms with E-state index in [0.717, 1.165) is 23.3 Å². The molecular weight excluding hydrogens is 300 g/mol. The van der Waals surface area contributed by atoms with Gasteiger partial charge in [-0.15, -0.1) is 0 Å². The lowest BCUT2D eigenvalue weighted by molar-refractivity contribution is -0.115. The number of ether oxygens (including phenoxy) is 1. The van der Waals surface area contributed by atoms with E-state index in [1.807, 2.05) is 43.3 Å². The fourth-order valence-electron chi connectivity index (χ4n) is 2.66. The van der Waals surface area contributed by atoms with Crippen LogP contribution in [0.5, 0.6) is 5.75 Å². The summed E-state index contributed by atoms with van der Waals surface area (Å²) >= 11 is 0. The van der Waals surface area contributed by atoms with Gasteiger partial charge >= 0.3 is 0 Å². The molecule has 0 saturated carbocycles. The monoisotopic (exact) mass is 320 g/mol. The minimum absolute atomic E-state index is 0.165. The number of aliphatic imine (C=N–C) groups is 1. The third kappa shape index (κ3) is 3.71. The number of rotatable bonds is 5. The Labute approximate surface area is 141 Å².